The third-order valence-corrected chi connectivity index (χ3v) is 6.06. The summed E-state index contributed by atoms with van der Waals surface area (Å²) in [5.74, 6) is -0.234. The van der Waals surface area contributed by atoms with E-state index >= 15 is 0 Å². The van der Waals surface area contributed by atoms with Crippen LogP contribution in [0.3, 0.4) is 0 Å². The van der Waals surface area contributed by atoms with Gasteiger partial charge in [-0.2, -0.15) is 8.78 Å². The summed E-state index contributed by atoms with van der Waals surface area (Å²) in [6.07, 6.45) is 0.960. The minimum atomic E-state index is -2.90. The van der Waals surface area contributed by atoms with Gasteiger partial charge in [-0.15, -0.1) is 12.4 Å². The Labute approximate surface area is 216 Å². The molecule has 1 heterocycles. The van der Waals surface area contributed by atoms with Crippen LogP contribution >= 0.6 is 12.4 Å². The fourth-order valence-electron chi connectivity index (χ4n) is 4.36. The Morgan fingerprint density at radius 1 is 1.17 bits per heavy atom. The first-order chi connectivity index (χ1) is 16.6. The largest absolute Gasteiger partial charge is 0.489 e. The summed E-state index contributed by atoms with van der Waals surface area (Å²) in [6, 6.07) is 8.00. The molecule has 1 amide bonds. The fraction of sp³-hybridized carbons (Fsp3) is 0.462. The number of carboxylic acid groups (broad SMARTS) is 1. The highest BCUT2D eigenvalue weighted by Gasteiger charge is 2.32. The van der Waals surface area contributed by atoms with E-state index in [1.54, 1.807) is 36.2 Å². The number of anilines is 1. The Bertz CT molecular complexity index is 1080. The molecule has 7 nitrogen and oxygen atoms in total. The molecule has 0 fully saturated rings. The van der Waals surface area contributed by atoms with Crippen molar-refractivity contribution in [3.8, 4) is 11.5 Å². The molecule has 198 valence electrons. The maximum absolute atomic E-state index is 12.9. The first kappa shape index (κ1) is 29.3. The van der Waals surface area contributed by atoms with Crippen LogP contribution in [0, 0.1) is 12.8 Å². The van der Waals surface area contributed by atoms with Crippen molar-refractivity contribution in [2.24, 2.45) is 5.92 Å². The quantitative estimate of drug-likeness (QED) is 0.439. The van der Waals surface area contributed by atoms with Gasteiger partial charge in [0.2, 0.25) is 5.91 Å². The number of nitrogens with one attached hydrogen (secondary N) is 1. The Morgan fingerprint density at radius 2 is 1.89 bits per heavy atom. The third-order valence-electron chi connectivity index (χ3n) is 6.06. The van der Waals surface area contributed by atoms with E-state index < -0.39 is 18.6 Å². The molecule has 0 saturated heterocycles. The number of carbonyl (C=O) groups excluding carboxylic acids is 1. The van der Waals surface area contributed by atoms with Gasteiger partial charge in [0.1, 0.15) is 18.1 Å². The van der Waals surface area contributed by atoms with Crippen molar-refractivity contribution < 1.29 is 33.0 Å². The van der Waals surface area contributed by atoms with Crippen LogP contribution in [0.5, 0.6) is 11.5 Å². The molecule has 0 aliphatic carbocycles. The van der Waals surface area contributed by atoms with Crippen LogP contribution in [0.15, 0.2) is 30.3 Å². The van der Waals surface area contributed by atoms with Gasteiger partial charge in [-0.3, -0.25) is 9.59 Å². The van der Waals surface area contributed by atoms with E-state index in [0.29, 0.717) is 36.6 Å². The Hall–Kier alpha value is -2.91. The predicted octanol–water partition coefficient (Wildman–Crippen LogP) is 4.75. The van der Waals surface area contributed by atoms with E-state index in [4.69, 9.17) is 14.6 Å². The summed E-state index contributed by atoms with van der Waals surface area (Å²) >= 11 is 0. The lowest BCUT2D eigenvalue weighted by Crippen LogP contribution is -2.45. The van der Waals surface area contributed by atoms with Crippen molar-refractivity contribution in [1.82, 2.24) is 5.32 Å². The van der Waals surface area contributed by atoms with E-state index in [2.05, 4.69) is 5.32 Å². The maximum Gasteiger partial charge on any atom is 0.387 e. The lowest BCUT2D eigenvalue weighted by atomic mass is 10.0. The van der Waals surface area contributed by atoms with Crippen molar-refractivity contribution >= 4 is 30.0 Å². The number of halogens is 3. The molecule has 3 rings (SSSR count). The SMILES string of the molecule is CN[C@H](CC(=O)O)C(=O)N1CCc2c1ccc(OCc1ccc(CC(C)C)c(OC(F)F)c1)c2C.Cl. The van der Waals surface area contributed by atoms with Crippen LogP contribution in [-0.2, 0) is 29.0 Å². The van der Waals surface area contributed by atoms with Crippen molar-refractivity contribution in [3.63, 3.8) is 0 Å². The van der Waals surface area contributed by atoms with Gasteiger partial charge in [-0.1, -0.05) is 26.0 Å². The van der Waals surface area contributed by atoms with Crippen LogP contribution in [0.4, 0.5) is 14.5 Å². The summed E-state index contributed by atoms with van der Waals surface area (Å²) in [7, 11) is 1.57. The van der Waals surface area contributed by atoms with Gasteiger partial charge in [0.15, 0.2) is 0 Å². The number of carboxylic acids is 1. The van der Waals surface area contributed by atoms with Gasteiger partial charge in [-0.25, -0.2) is 0 Å². The van der Waals surface area contributed by atoms with E-state index in [9.17, 15) is 18.4 Å². The molecule has 0 spiro atoms. The second-order valence-corrected chi connectivity index (χ2v) is 9.07. The average Bonchev–Trinajstić information content (AvgIpc) is 3.22. The van der Waals surface area contributed by atoms with Gasteiger partial charge >= 0.3 is 12.6 Å². The number of ether oxygens (including phenoxy) is 2. The minimum absolute atomic E-state index is 0. The molecule has 0 radical (unpaired) electrons. The maximum atomic E-state index is 12.9. The standard InChI is InChI=1S/C26H32F2N2O5.ClH/c1-15(2)11-18-6-5-17(12-23(18)35-26(27)28)14-34-22-8-7-21-19(16(22)3)9-10-30(21)25(33)20(29-4)13-24(31)32;/h5-8,12,15,20,26,29H,9-11,13-14H2,1-4H3,(H,31,32);1H/t20-;/m1./s1. The zero-order chi connectivity index (χ0) is 25.7. The summed E-state index contributed by atoms with van der Waals surface area (Å²) < 4.78 is 36.6. The summed E-state index contributed by atoms with van der Waals surface area (Å²) in [5.41, 5.74) is 4.03. The van der Waals surface area contributed by atoms with Crippen LogP contribution < -0.4 is 19.7 Å². The van der Waals surface area contributed by atoms with Crippen molar-refractivity contribution in [3.05, 3.63) is 52.6 Å². The van der Waals surface area contributed by atoms with Crippen LogP contribution in [-0.4, -0.2) is 43.2 Å². The third kappa shape index (κ3) is 7.07. The van der Waals surface area contributed by atoms with Crippen molar-refractivity contribution in [2.45, 2.75) is 59.3 Å². The number of amides is 1. The second-order valence-electron chi connectivity index (χ2n) is 9.07. The molecule has 0 saturated carbocycles. The summed E-state index contributed by atoms with van der Waals surface area (Å²) in [5, 5.41) is 11.9. The number of hydrogen-bond acceptors (Lipinski definition) is 5. The van der Waals surface area contributed by atoms with Crippen LogP contribution in [0.1, 0.15) is 42.5 Å². The molecule has 2 aromatic rings. The Morgan fingerprint density at radius 3 is 2.50 bits per heavy atom. The number of aliphatic carboxylic acids is 1. The molecular weight excluding hydrogens is 494 g/mol. The van der Waals surface area contributed by atoms with Gasteiger partial charge in [-0.05, 0) is 73.2 Å². The Balaban J connectivity index is 0.00000456. The molecule has 10 heteroatoms. The van der Waals surface area contributed by atoms with Crippen molar-refractivity contribution in [2.75, 3.05) is 18.5 Å². The first-order valence-corrected chi connectivity index (χ1v) is 11.6. The van der Waals surface area contributed by atoms with E-state index in [1.165, 1.54) is 0 Å². The highest BCUT2D eigenvalue weighted by atomic mass is 35.5. The molecule has 1 aliphatic rings. The van der Waals surface area contributed by atoms with Crippen molar-refractivity contribution in [1.29, 1.82) is 0 Å². The van der Waals surface area contributed by atoms with E-state index in [1.807, 2.05) is 26.8 Å². The number of alkyl halides is 2. The number of fused-ring (bicyclic) bond motifs is 1. The molecule has 36 heavy (non-hydrogen) atoms. The molecule has 1 atom stereocenters. The number of hydrogen-bond donors (Lipinski definition) is 2. The molecule has 0 unspecified atom stereocenters. The Kier molecular flexibility index (Phi) is 10.5. The normalized spacial score (nSPS) is 13.4. The monoisotopic (exact) mass is 526 g/mol. The molecule has 0 aromatic heterocycles. The average molecular weight is 527 g/mol. The zero-order valence-electron chi connectivity index (χ0n) is 20.8. The highest BCUT2D eigenvalue weighted by molar-refractivity contribution is 6.00. The predicted molar refractivity (Wildman–Crippen MR) is 136 cm³/mol. The summed E-state index contributed by atoms with van der Waals surface area (Å²) in [4.78, 5) is 25.6. The second kappa shape index (κ2) is 12.9. The van der Waals surface area contributed by atoms with E-state index in [0.717, 1.165) is 22.4 Å². The number of rotatable bonds is 11. The van der Waals surface area contributed by atoms with Gasteiger partial charge < -0.3 is 24.8 Å². The molecular formula is C26H33ClF2N2O5. The number of benzene rings is 2. The fourth-order valence-corrected chi connectivity index (χ4v) is 4.36. The molecule has 0 bridgehead atoms. The number of carbonyl (C=O) groups is 2. The first-order valence-electron chi connectivity index (χ1n) is 11.6. The van der Waals surface area contributed by atoms with E-state index in [-0.39, 0.29) is 37.1 Å². The highest BCUT2D eigenvalue weighted by Crippen LogP contribution is 2.36. The topological polar surface area (TPSA) is 88.1 Å². The van der Waals surface area contributed by atoms with Crippen LogP contribution in [0.25, 0.3) is 0 Å². The molecule has 1 aliphatic heterocycles. The van der Waals surface area contributed by atoms with Gasteiger partial charge in [0, 0.05) is 12.2 Å². The van der Waals surface area contributed by atoms with Gasteiger partial charge in [0.05, 0.1) is 12.5 Å². The number of nitrogens with zero attached hydrogens (tertiary/aromatic N) is 1. The lowest BCUT2D eigenvalue weighted by Gasteiger charge is -2.23. The minimum Gasteiger partial charge on any atom is -0.489 e. The smallest absolute Gasteiger partial charge is 0.387 e. The summed E-state index contributed by atoms with van der Waals surface area (Å²) in [6.45, 7) is 3.66. The van der Waals surface area contributed by atoms with Crippen LogP contribution in [0.2, 0.25) is 0 Å². The molecule has 2 N–H and O–H groups in total. The lowest BCUT2D eigenvalue weighted by molar-refractivity contribution is -0.139. The van der Waals surface area contributed by atoms with Gasteiger partial charge in [0.25, 0.3) is 0 Å². The molecule has 2 aromatic carbocycles. The zero-order valence-corrected chi connectivity index (χ0v) is 21.7. The number of likely N-dealkylation sites (N-methyl/N-ethyl adjacent to an activating group) is 1.